The van der Waals surface area contributed by atoms with Gasteiger partial charge in [0.25, 0.3) is 0 Å². The van der Waals surface area contributed by atoms with Crippen LogP contribution in [0.2, 0.25) is 0 Å². The molecule has 2 rings (SSSR count). The van der Waals surface area contributed by atoms with Gasteiger partial charge in [-0.2, -0.15) is 4.98 Å². The molecule has 2 aromatic rings. The Morgan fingerprint density at radius 1 is 1.33 bits per heavy atom. The van der Waals surface area contributed by atoms with Gasteiger partial charge in [0.1, 0.15) is 5.75 Å². The maximum Gasteiger partial charge on any atom is 0.307 e. The Hall–Kier alpha value is -2.37. The predicted molar refractivity (Wildman–Crippen MR) is 75.1 cm³/mol. The van der Waals surface area contributed by atoms with E-state index >= 15 is 0 Å². The fraction of sp³-hybridized carbons (Fsp3) is 0.400. The van der Waals surface area contributed by atoms with Crippen LogP contribution in [0.3, 0.4) is 0 Å². The van der Waals surface area contributed by atoms with Crippen molar-refractivity contribution in [1.29, 1.82) is 0 Å². The molecular weight excluding hydrogens is 272 g/mol. The predicted octanol–water partition coefficient (Wildman–Crippen LogP) is 2.57. The van der Waals surface area contributed by atoms with E-state index in [1.165, 1.54) is 0 Å². The summed E-state index contributed by atoms with van der Waals surface area (Å²) >= 11 is 0. The van der Waals surface area contributed by atoms with E-state index in [0.29, 0.717) is 23.0 Å². The van der Waals surface area contributed by atoms with E-state index in [1.807, 2.05) is 20.8 Å². The molecule has 6 heteroatoms. The Bertz CT molecular complexity index is 629. The van der Waals surface area contributed by atoms with E-state index in [9.17, 15) is 4.79 Å². The summed E-state index contributed by atoms with van der Waals surface area (Å²) in [6, 6.07) is 7.01. The Labute approximate surface area is 122 Å². The largest absolute Gasteiger partial charge is 0.485 e. The van der Waals surface area contributed by atoms with Crippen molar-refractivity contribution in [3.8, 4) is 5.75 Å². The lowest BCUT2D eigenvalue weighted by molar-refractivity contribution is -0.136. The van der Waals surface area contributed by atoms with Crippen molar-refractivity contribution >= 4 is 5.97 Å². The zero-order chi connectivity index (χ0) is 15.5. The number of carboxylic acid groups (broad SMARTS) is 1. The lowest BCUT2D eigenvalue weighted by Crippen LogP contribution is -2.11. The van der Waals surface area contributed by atoms with Crippen LogP contribution in [0.25, 0.3) is 0 Å². The van der Waals surface area contributed by atoms with Crippen LogP contribution in [0.4, 0.5) is 0 Å². The lowest BCUT2D eigenvalue weighted by Gasteiger charge is -2.10. The van der Waals surface area contributed by atoms with Gasteiger partial charge < -0.3 is 14.4 Å². The van der Waals surface area contributed by atoms with Crippen LogP contribution in [-0.2, 0) is 23.2 Å². The second-order valence-corrected chi connectivity index (χ2v) is 5.73. The minimum absolute atomic E-state index is 0.0876. The number of rotatable bonds is 5. The molecule has 0 saturated heterocycles. The van der Waals surface area contributed by atoms with E-state index in [1.54, 1.807) is 24.3 Å². The first kappa shape index (κ1) is 15.0. The number of aliphatic carboxylic acids is 1. The number of benzene rings is 1. The quantitative estimate of drug-likeness (QED) is 0.910. The molecule has 21 heavy (non-hydrogen) atoms. The summed E-state index contributed by atoms with van der Waals surface area (Å²) in [6.45, 7) is 6.07. The Morgan fingerprint density at radius 3 is 2.67 bits per heavy atom. The Balaban J connectivity index is 2.06. The van der Waals surface area contributed by atoms with Crippen molar-refractivity contribution in [3.05, 3.63) is 41.5 Å². The first-order chi connectivity index (χ1) is 9.86. The van der Waals surface area contributed by atoms with Crippen molar-refractivity contribution < 1.29 is 19.2 Å². The van der Waals surface area contributed by atoms with E-state index < -0.39 is 5.97 Å². The molecule has 0 unspecified atom stereocenters. The van der Waals surface area contributed by atoms with E-state index in [4.69, 9.17) is 14.4 Å². The molecule has 0 saturated carbocycles. The molecule has 1 N–H and O–H groups in total. The highest BCUT2D eigenvalue weighted by atomic mass is 16.5. The van der Waals surface area contributed by atoms with Crippen LogP contribution in [0.5, 0.6) is 5.75 Å². The zero-order valence-electron chi connectivity index (χ0n) is 12.3. The number of ether oxygens (including phenoxy) is 1. The molecule has 0 aliphatic rings. The second-order valence-electron chi connectivity index (χ2n) is 5.73. The molecule has 112 valence electrons. The molecule has 1 aromatic carbocycles. The van der Waals surface area contributed by atoms with Gasteiger partial charge >= 0.3 is 5.97 Å². The molecule has 0 radical (unpaired) electrons. The van der Waals surface area contributed by atoms with E-state index in [0.717, 1.165) is 0 Å². The first-order valence-electron chi connectivity index (χ1n) is 6.62. The van der Waals surface area contributed by atoms with Crippen molar-refractivity contribution in [2.45, 2.75) is 39.2 Å². The van der Waals surface area contributed by atoms with Gasteiger partial charge in [-0.05, 0) is 6.07 Å². The monoisotopic (exact) mass is 290 g/mol. The summed E-state index contributed by atoms with van der Waals surface area (Å²) in [5.74, 6) is 0.590. The van der Waals surface area contributed by atoms with Gasteiger partial charge in [0, 0.05) is 11.0 Å². The van der Waals surface area contributed by atoms with E-state index in [2.05, 4.69) is 10.1 Å². The third-order valence-electron chi connectivity index (χ3n) is 2.78. The molecule has 0 aliphatic carbocycles. The molecule has 0 aliphatic heterocycles. The summed E-state index contributed by atoms with van der Waals surface area (Å²) in [5, 5.41) is 12.7. The summed E-state index contributed by atoms with van der Waals surface area (Å²) in [7, 11) is 0. The minimum Gasteiger partial charge on any atom is -0.485 e. The number of carboxylic acids is 1. The van der Waals surface area contributed by atoms with Crippen molar-refractivity contribution in [1.82, 2.24) is 10.1 Å². The fourth-order valence-electron chi connectivity index (χ4n) is 1.71. The summed E-state index contributed by atoms with van der Waals surface area (Å²) in [4.78, 5) is 15.1. The third-order valence-corrected chi connectivity index (χ3v) is 2.78. The highest BCUT2D eigenvalue weighted by Crippen LogP contribution is 2.22. The molecule has 0 bridgehead atoms. The maximum absolute atomic E-state index is 10.8. The number of hydrogen-bond acceptors (Lipinski definition) is 5. The van der Waals surface area contributed by atoms with Gasteiger partial charge in [-0.1, -0.05) is 44.1 Å². The van der Waals surface area contributed by atoms with E-state index in [-0.39, 0.29) is 18.4 Å². The number of hydrogen-bond donors (Lipinski definition) is 1. The standard InChI is InChI=1S/C15H18N2O4/c1-15(2,3)14-16-12(17-21-14)9-20-11-7-5-4-6-10(11)8-13(18)19/h4-7H,8-9H2,1-3H3,(H,18,19). The van der Waals surface area contributed by atoms with Crippen LogP contribution < -0.4 is 4.74 Å². The second kappa shape index (κ2) is 5.95. The van der Waals surface area contributed by atoms with Gasteiger partial charge in [-0.3, -0.25) is 4.79 Å². The number of aromatic nitrogens is 2. The summed E-state index contributed by atoms with van der Waals surface area (Å²) in [5.41, 5.74) is 0.400. The fourth-order valence-corrected chi connectivity index (χ4v) is 1.71. The molecule has 0 atom stereocenters. The molecule has 0 fully saturated rings. The van der Waals surface area contributed by atoms with Gasteiger partial charge in [-0.25, -0.2) is 0 Å². The van der Waals surface area contributed by atoms with Gasteiger partial charge in [0.2, 0.25) is 11.7 Å². The zero-order valence-corrected chi connectivity index (χ0v) is 12.3. The number of carbonyl (C=O) groups is 1. The molecule has 1 heterocycles. The van der Waals surface area contributed by atoms with Crippen molar-refractivity contribution in [3.63, 3.8) is 0 Å². The number of nitrogens with zero attached hydrogens (tertiary/aromatic N) is 2. The highest BCUT2D eigenvalue weighted by molar-refractivity contribution is 5.71. The average Bonchev–Trinajstić information content (AvgIpc) is 2.86. The molecule has 0 spiro atoms. The van der Waals surface area contributed by atoms with Crippen LogP contribution in [0, 0.1) is 0 Å². The lowest BCUT2D eigenvalue weighted by atomic mass is 9.97. The van der Waals surface area contributed by atoms with Crippen LogP contribution in [0.15, 0.2) is 28.8 Å². The average molecular weight is 290 g/mol. The number of para-hydroxylation sites is 1. The van der Waals surface area contributed by atoms with Crippen LogP contribution in [-0.4, -0.2) is 21.2 Å². The first-order valence-corrected chi connectivity index (χ1v) is 6.62. The van der Waals surface area contributed by atoms with Gasteiger partial charge in [0.15, 0.2) is 6.61 Å². The maximum atomic E-state index is 10.8. The normalized spacial score (nSPS) is 11.4. The topological polar surface area (TPSA) is 85.5 Å². The Kier molecular flexibility index (Phi) is 4.26. The molecule has 1 aromatic heterocycles. The van der Waals surface area contributed by atoms with Crippen LogP contribution >= 0.6 is 0 Å². The SMILES string of the molecule is CC(C)(C)c1nc(COc2ccccc2CC(=O)O)no1. The minimum atomic E-state index is -0.902. The van der Waals surface area contributed by atoms with Gasteiger partial charge in [-0.15, -0.1) is 0 Å². The van der Waals surface area contributed by atoms with Crippen LogP contribution in [0.1, 0.15) is 38.0 Å². The summed E-state index contributed by atoms with van der Waals surface area (Å²) in [6.07, 6.45) is -0.0876. The molecule has 0 amide bonds. The van der Waals surface area contributed by atoms with Gasteiger partial charge in [0.05, 0.1) is 6.42 Å². The van der Waals surface area contributed by atoms with Crippen molar-refractivity contribution in [2.75, 3.05) is 0 Å². The van der Waals surface area contributed by atoms with Crippen molar-refractivity contribution in [2.24, 2.45) is 0 Å². The molecular formula is C15H18N2O4. The molecule has 6 nitrogen and oxygen atoms in total. The highest BCUT2D eigenvalue weighted by Gasteiger charge is 2.21. The smallest absolute Gasteiger partial charge is 0.307 e. The summed E-state index contributed by atoms with van der Waals surface area (Å²) < 4.78 is 10.8. The Morgan fingerprint density at radius 2 is 2.05 bits per heavy atom. The third kappa shape index (κ3) is 4.05.